The lowest BCUT2D eigenvalue weighted by atomic mass is 10.00. The van der Waals surface area contributed by atoms with E-state index in [1.54, 1.807) is 23.0 Å². The van der Waals surface area contributed by atoms with Gasteiger partial charge >= 0.3 is 0 Å². The average Bonchev–Trinajstić information content (AvgIpc) is 3.29. The van der Waals surface area contributed by atoms with Crippen LogP contribution < -0.4 is 16.0 Å². The molecule has 3 N–H and O–H groups in total. The maximum absolute atomic E-state index is 12.2. The number of nitrogens with one attached hydrogen (secondary N) is 3. The fourth-order valence-corrected chi connectivity index (χ4v) is 2.81. The summed E-state index contributed by atoms with van der Waals surface area (Å²) in [6.07, 6.45) is 3.97. The summed E-state index contributed by atoms with van der Waals surface area (Å²) in [5, 5.41) is 16.5. The Morgan fingerprint density at radius 2 is 2.28 bits per heavy atom. The number of amides is 2. The molecule has 25 heavy (non-hydrogen) atoms. The molecule has 2 aromatic heterocycles. The molecule has 0 radical (unpaired) electrons. The minimum Gasteiger partial charge on any atom is -0.454 e. The van der Waals surface area contributed by atoms with Crippen molar-refractivity contribution in [2.75, 3.05) is 20.1 Å². The van der Waals surface area contributed by atoms with Gasteiger partial charge in [-0.1, -0.05) is 5.21 Å². The van der Waals surface area contributed by atoms with Gasteiger partial charge in [0.2, 0.25) is 0 Å². The van der Waals surface area contributed by atoms with Gasteiger partial charge in [-0.25, -0.2) is 0 Å². The summed E-state index contributed by atoms with van der Waals surface area (Å²) >= 11 is 0. The molecule has 9 heteroatoms. The molecule has 0 spiro atoms. The zero-order chi connectivity index (χ0) is 17.6. The van der Waals surface area contributed by atoms with E-state index in [2.05, 4.69) is 26.3 Å². The number of hydrogen-bond acceptors (Lipinski definition) is 6. The Morgan fingerprint density at radius 3 is 3.04 bits per heavy atom. The first-order chi connectivity index (χ1) is 12.2. The van der Waals surface area contributed by atoms with E-state index in [0.29, 0.717) is 11.7 Å². The Balaban J connectivity index is 1.51. The fraction of sp³-hybridized carbons (Fsp3) is 0.500. The number of furan rings is 1. The average molecular weight is 346 g/mol. The molecule has 2 aromatic rings. The van der Waals surface area contributed by atoms with Crippen molar-refractivity contribution < 1.29 is 14.0 Å². The van der Waals surface area contributed by atoms with E-state index in [0.717, 1.165) is 32.5 Å². The minimum atomic E-state index is -0.328. The van der Waals surface area contributed by atoms with Gasteiger partial charge in [-0.05, 0) is 44.0 Å². The van der Waals surface area contributed by atoms with Crippen molar-refractivity contribution >= 4 is 11.8 Å². The number of aromatic nitrogens is 3. The molecule has 1 aliphatic heterocycles. The molecule has 1 atom stereocenters. The van der Waals surface area contributed by atoms with E-state index in [4.69, 9.17) is 4.42 Å². The standard InChI is InChI=1S/C16H22N6O3/c1-17-16(24)14-5-4-12(25-14)8-19-15(23)13-10-22(21-20-13)9-11-3-2-6-18-7-11/h4-5,10-11,18H,2-3,6-9H2,1H3,(H,17,24)(H,19,23)/t11-/m1/s1. The van der Waals surface area contributed by atoms with Gasteiger partial charge in [0, 0.05) is 13.6 Å². The molecule has 3 heterocycles. The molecule has 1 fully saturated rings. The highest BCUT2D eigenvalue weighted by atomic mass is 16.4. The van der Waals surface area contributed by atoms with Crippen molar-refractivity contribution in [3.63, 3.8) is 0 Å². The SMILES string of the molecule is CNC(=O)c1ccc(CNC(=O)c2cn(C[C@@H]3CCCNC3)nn2)o1. The van der Waals surface area contributed by atoms with Gasteiger partial charge in [0.1, 0.15) is 5.76 Å². The number of nitrogens with zero attached hydrogens (tertiary/aromatic N) is 3. The number of carbonyl (C=O) groups is 2. The molecule has 0 aromatic carbocycles. The van der Waals surface area contributed by atoms with Gasteiger partial charge in [-0.2, -0.15) is 0 Å². The van der Waals surface area contributed by atoms with Crippen LogP contribution in [0.25, 0.3) is 0 Å². The quantitative estimate of drug-likeness (QED) is 0.686. The summed E-state index contributed by atoms with van der Waals surface area (Å²) < 4.78 is 7.06. The van der Waals surface area contributed by atoms with Crippen LogP contribution in [0.5, 0.6) is 0 Å². The second-order valence-electron chi connectivity index (χ2n) is 6.07. The van der Waals surface area contributed by atoms with Gasteiger partial charge in [0.15, 0.2) is 11.5 Å². The molecule has 9 nitrogen and oxygen atoms in total. The van der Waals surface area contributed by atoms with E-state index < -0.39 is 0 Å². The van der Waals surface area contributed by atoms with Crippen molar-refractivity contribution in [2.24, 2.45) is 5.92 Å². The molecule has 1 saturated heterocycles. The van der Waals surface area contributed by atoms with Crippen molar-refractivity contribution in [3.05, 3.63) is 35.5 Å². The number of carbonyl (C=O) groups excluding carboxylic acids is 2. The summed E-state index contributed by atoms with van der Waals surface area (Å²) in [5.41, 5.74) is 0.266. The molecule has 1 aliphatic rings. The molecular weight excluding hydrogens is 324 g/mol. The second kappa shape index (κ2) is 7.93. The summed E-state index contributed by atoms with van der Waals surface area (Å²) in [6, 6.07) is 3.21. The molecule has 0 unspecified atom stereocenters. The van der Waals surface area contributed by atoms with Crippen molar-refractivity contribution in [1.29, 1.82) is 0 Å². The van der Waals surface area contributed by atoms with E-state index in [9.17, 15) is 9.59 Å². The lowest BCUT2D eigenvalue weighted by Gasteiger charge is -2.22. The highest BCUT2D eigenvalue weighted by Gasteiger charge is 2.17. The van der Waals surface area contributed by atoms with Crippen LogP contribution in [0.1, 0.15) is 39.6 Å². The van der Waals surface area contributed by atoms with E-state index >= 15 is 0 Å². The van der Waals surface area contributed by atoms with Gasteiger partial charge < -0.3 is 20.4 Å². The Bertz CT molecular complexity index is 732. The zero-order valence-corrected chi connectivity index (χ0v) is 14.1. The van der Waals surface area contributed by atoms with Crippen LogP contribution >= 0.6 is 0 Å². The maximum atomic E-state index is 12.2. The largest absolute Gasteiger partial charge is 0.454 e. The maximum Gasteiger partial charge on any atom is 0.286 e. The fourth-order valence-electron chi connectivity index (χ4n) is 2.81. The first-order valence-corrected chi connectivity index (χ1v) is 8.35. The van der Waals surface area contributed by atoms with Crippen LogP contribution in [-0.2, 0) is 13.1 Å². The predicted octanol–water partition coefficient (Wildman–Crippen LogP) is 0.160. The molecular formula is C16H22N6O3. The number of hydrogen-bond donors (Lipinski definition) is 3. The normalized spacial score (nSPS) is 17.2. The molecule has 0 saturated carbocycles. The first-order valence-electron chi connectivity index (χ1n) is 8.35. The van der Waals surface area contributed by atoms with Crippen molar-refractivity contribution in [3.8, 4) is 0 Å². The summed E-state index contributed by atoms with van der Waals surface area (Å²) in [6.45, 7) is 2.96. The van der Waals surface area contributed by atoms with Crippen molar-refractivity contribution in [2.45, 2.75) is 25.9 Å². The summed E-state index contributed by atoms with van der Waals surface area (Å²) in [5.74, 6) is 0.577. The highest BCUT2D eigenvalue weighted by molar-refractivity contribution is 5.92. The van der Waals surface area contributed by atoms with E-state index in [-0.39, 0.29) is 29.8 Å². The topological polar surface area (TPSA) is 114 Å². The van der Waals surface area contributed by atoms with Crippen LogP contribution in [0.4, 0.5) is 0 Å². The van der Waals surface area contributed by atoms with Crippen LogP contribution in [0.15, 0.2) is 22.7 Å². The Kier molecular flexibility index (Phi) is 5.44. The molecule has 0 aliphatic carbocycles. The minimum absolute atomic E-state index is 0.176. The smallest absolute Gasteiger partial charge is 0.286 e. The molecule has 3 rings (SSSR count). The third-order valence-corrected chi connectivity index (χ3v) is 4.15. The van der Waals surface area contributed by atoms with Gasteiger partial charge in [0.25, 0.3) is 11.8 Å². The Morgan fingerprint density at radius 1 is 1.40 bits per heavy atom. The van der Waals surface area contributed by atoms with E-state index in [1.165, 1.54) is 7.05 Å². The molecule has 2 amide bonds. The van der Waals surface area contributed by atoms with Crippen LogP contribution in [0.3, 0.4) is 0 Å². The first kappa shape index (κ1) is 17.2. The van der Waals surface area contributed by atoms with Crippen LogP contribution in [-0.4, -0.2) is 46.9 Å². The summed E-state index contributed by atoms with van der Waals surface area (Å²) in [7, 11) is 1.53. The summed E-state index contributed by atoms with van der Waals surface area (Å²) in [4.78, 5) is 23.6. The Hall–Kier alpha value is -2.68. The number of rotatable bonds is 6. The van der Waals surface area contributed by atoms with E-state index in [1.807, 2.05) is 0 Å². The monoisotopic (exact) mass is 346 g/mol. The van der Waals surface area contributed by atoms with Gasteiger partial charge in [-0.15, -0.1) is 5.10 Å². The van der Waals surface area contributed by atoms with Gasteiger partial charge in [-0.3, -0.25) is 14.3 Å². The third-order valence-electron chi connectivity index (χ3n) is 4.15. The Labute approximate surface area is 145 Å². The molecule has 134 valence electrons. The highest BCUT2D eigenvalue weighted by Crippen LogP contribution is 2.12. The second-order valence-corrected chi connectivity index (χ2v) is 6.07. The molecule has 0 bridgehead atoms. The van der Waals surface area contributed by atoms with Gasteiger partial charge in [0.05, 0.1) is 12.7 Å². The zero-order valence-electron chi connectivity index (χ0n) is 14.1. The predicted molar refractivity (Wildman–Crippen MR) is 88.9 cm³/mol. The lowest BCUT2D eigenvalue weighted by molar-refractivity contribution is 0.0933. The van der Waals surface area contributed by atoms with Crippen LogP contribution in [0, 0.1) is 5.92 Å². The third kappa shape index (κ3) is 4.44. The van der Waals surface area contributed by atoms with Crippen molar-refractivity contribution in [1.82, 2.24) is 30.9 Å². The lowest BCUT2D eigenvalue weighted by Crippen LogP contribution is -2.32. The van der Waals surface area contributed by atoms with Crippen LogP contribution in [0.2, 0.25) is 0 Å². The number of piperidine rings is 1.